The van der Waals surface area contributed by atoms with Crippen molar-refractivity contribution in [3.8, 4) is 0 Å². The van der Waals surface area contributed by atoms with E-state index in [9.17, 15) is 9.59 Å². The predicted molar refractivity (Wildman–Crippen MR) is 111 cm³/mol. The van der Waals surface area contributed by atoms with E-state index in [0.717, 1.165) is 42.2 Å². The molecule has 30 heavy (non-hydrogen) atoms. The van der Waals surface area contributed by atoms with Gasteiger partial charge in [-0.3, -0.25) is 0 Å². The van der Waals surface area contributed by atoms with Gasteiger partial charge in [-0.2, -0.15) is 0 Å². The molecule has 2 aromatic rings. The highest BCUT2D eigenvalue weighted by molar-refractivity contribution is 6.04. The lowest BCUT2D eigenvalue weighted by Crippen LogP contribution is -2.29. The number of allylic oxidation sites excluding steroid dienone is 1. The lowest BCUT2D eigenvalue weighted by molar-refractivity contribution is -0.140. The lowest BCUT2D eigenvalue weighted by atomic mass is 9.84. The molecule has 0 unspecified atom stereocenters. The molecular formula is C24H25NO5. The summed E-state index contributed by atoms with van der Waals surface area (Å²) in [7, 11) is 0. The van der Waals surface area contributed by atoms with Crippen molar-refractivity contribution in [2.45, 2.75) is 50.4 Å². The molecule has 0 bridgehead atoms. The number of esters is 2. The second-order valence-electron chi connectivity index (χ2n) is 8.62. The molecule has 2 saturated heterocycles. The van der Waals surface area contributed by atoms with Crippen molar-refractivity contribution in [3.63, 3.8) is 0 Å². The van der Waals surface area contributed by atoms with E-state index in [-0.39, 0.29) is 42.3 Å². The SMILES string of the molecule is C=C1C(=O)O[C@H]2[C@H]1CC/C(COC(=O)c1c[nH]c3ccccc13)=C\CC[C@@]1(C)O[C@@H]21. The first-order valence-corrected chi connectivity index (χ1v) is 10.4. The number of H-pyrrole nitrogens is 1. The summed E-state index contributed by atoms with van der Waals surface area (Å²) in [5.41, 5.74) is 2.75. The zero-order valence-corrected chi connectivity index (χ0v) is 17.0. The lowest BCUT2D eigenvalue weighted by Gasteiger charge is -2.20. The molecule has 6 heteroatoms. The first-order chi connectivity index (χ1) is 14.5. The normalized spacial score (nSPS) is 32.6. The first kappa shape index (κ1) is 19.1. The van der Waals surface area contributed by atoms with Gasteiger partial charge in [0.1, 0.15) is 18.8 Å². The highest BCUT2D eigenvalue weighted by atomic mass is 16.6. The van der Waals surface area contributed by atoms with Crippen LogP contribution in [0.25, 0.3) is 10.9 Å². The van der Waals surface area contributed by atoms with E-state index in [1.165, 1.54) is 0 Å². The number of carbonyl (C=O) groups is 2. The number of hydrogen-bond acceptors (Lipinski definition) is 5. The molecule has 3 heterocycles. The van der Waals surface area contributed by atoms with Gasteiger partial charge in [0.25, 0.3) is 0 Å². The first-order valence-electron chi connectivity index (χ1n) is 10.4. The van der Waals surface area contributed by atoms with Crippen molar-refractivity contribution in [1.82, 2.24) is 4.98 Å². The van der Waals surface area contributed by atoms with Crippen LogP contribution in [-0.2, 0) is 19.0 Å². The van der Waals surface area contributed by atoms with Gasteiger partial charge in [-0.25, -0.2) is 9.59 Å². The van der Waals surface area contributed by atoms with Gasteiger partial charge in [-0.1, -0.05) is 30.9 Å². The second kappa shape index (κ2) is 7.13. The molecule has 156 valence electrons. The van der Waals surface area contributed by atoms with E-state index < -0.39 is 0 Å². The maximum atomic E-state index is 12.7. The molecular weight excluding hydrogens is 382 g/mol. The maximum Gasteiger partial charge on any atom is 0.340 e. The number of ether oxygens (including phenoxy) is 3. The summed E-state index contributed by atoms with van der Waals surface area (Å²) in [6.45, 7) is 6.24. The summed E-state index contributed by atoms with van der Waals surface area (Å²) >= 11 is 0. The Morgan fingerprint density at radius 1 is 1.37 bits per heavy atom. The van der Waals surface area contributed by atoms with Crippen LogP contribution < -0.4 is 0 Å². The topological polar surface area (TPSA) is 80.9 Å². The van der Waals surface area contributed by atoms with Crippen molar-refractivity contribution < 1.29 is 23.8 Å². The largest absolute Gasteiger partial charge is 0.458 e. The standard InChI is InChI=1S/C24H25NO5/c1-14-16-10-9-15(6-5-11-24(2)21(30-24)20(16)29-22(14)26)13-28-23(27)18-12-25-19-8-4-3-7-17(18)19/h3-4,6-8,12,16,20-21,25H,1,5,9-11,13H2,2H3/b15-6+/t16-,20-,21-,24+/m0/s1. The fourth-order valence-electron chi connectivity index (χ4n) is 4.73. The van der Waals surface area contributed by atoms with Crippen LogP contribution in [0, 0.1) is 5.92 Å². The van der Waals surface area contributed by atoms with E-state index in [1.54, 1.807) is 6.20 Å². The minimum Gasteiger partial charge on any atom is -0.458 e. The third-order valence-electron chi connectivity index (χ3n) is 6.64. The number of aromatic nitrogens is 1. The third-order valence-corrected chi connectivity index (χ3v) is 6.64. The molecule has 2 fully saturated rings. The van der Waals surface area contributed by atoms with Crippen LogP contribution in [0.5, 0.6) is 0 Å². The maximum absolute atomic E-state index is 12.7. The minimum atomic E-state index is -0.343. The molecule has 3 aliphatic rings. The Hall–Kier alpha value is -2.86. The van der Waals surface area contributed by atoms with Gasteiger partial charge in [-0.15, -0.1) is 0 Å². The number of rotatable bonds is 3. The van der Waals surface area contributed by atoms with E-state index in [4.69, 9.17) is 14.2 Å². The number of epoxide rings is 1. The summed E-state index contributed by atoms with van der Waals surface area (Å²) in [5, 5.41) is 0.855. The molecule has 1 aliphatic carbocycles. The van der Waals surface area contributed by atoms with Crippen molar-refractivity contribution in [1.29, 1.82) is 0 Å². The zero-order valence-electron chi connectivity index (χ0n) is 17.0. The van der Waals surface area contributed by atoms with Gasteiger partial charge in [0.05, 0.1) is 11.2 Å². The van der Waals surface area contributed by atoms with Crippen LogP contribution in [0.1, 0.15) is 43.0 Å². The van der Waals surface area contributed by atoms with Crippen molar-refractivity contribution >= 4 is 22.8 Å². The van der Waals surface area contributed by atoms with Crippen LogP contribution in [0.4, 0.5) is 0 Å². The van der Waals surface area contributed by atoms with Crippen LogP contribution in [0.2, 0.25) is 0 Å². The van der Waals surface area contributed by atoms with E-state index >= 15 is 0 Å². The van der Waals surface area contributed by atoms with Gasteiger partial charge in [0, 0.05) is 28.6 Å². The fraction of sp³-hybridized carbons (Fsp3) is 0.417. The molecule has 0 spiro atoms. The van der Waals surface area contributed by atoms with Crippen LogP contribution >= 0.6 is 0 Å². The Kier molecular flexibility index (Phi) is 4.54. The number of aromatic amines is 1. The summed E-state index contributed by atoms with van der Waals surface area (Å²) in [6, 6.07) is 7.66. The molecule has 2 aliphatic heterocycles. The summed E-state index contributed by atoms with van der Waals surface area (Å²) in [5.74, 6) is -0.724. The molecule has 4 atom stereocenters. The van der Waals surface area contributed by atoms with Crippen molar-refractivity contribution in [3.05, 3.63) is 59.8 Å². The van der Waals surface area contributed by atoms with Gasteiger partial charge in [0.2, 0.25) is 0 Å². The molecule has 6 nitrogen and oxygen atoms in total. The van der Waals surface area contributed by atoms with Crippen LogP contribution in [-0.4, -0.2) is 41.3 Å². The van der Waals surface area contributed by atoms with Crippen molar-refractivity contribution in [2.75, 3.05) is 6.61 Å². The molecule has 1 aromatic carbocycles. The van der Waals surface area contributed by atoms with E-state index in [0.29, 0.717) is 11.1 Å². The van der Waals surface area contributed by atoms with Gasteiger partial charge >= 0.3 is 11.9 Å². The molecule has 1 aromatic heterocycles. The quantitative estimate of drug-likeness (QED) is 0.359. The monoisotopic (exact) mass is 407 g/mol. The average molecular weight is 407 g/mol. The molecule has 1 N–H and O–H groups in total. The number of fused-ring (bicyclic) bond motifs is 4. The summed E-state index contributed by atoms with van der Waals surface area (Å²) in [6.07, 6.45) is 6.64. The minimum absolute atomic E-state index is 0.0552. The van der Waals surface area contributed by atoms with Gasteiger partial charge in [-0.05, 0) is 44.2 Å². The Labute approximate surface area is 174 Å². The Bertz CT molecular complexity index is 1070. The van der Waals surface area contributed by atoms with E-state index in [2.05, 4.69) is 24.6 Å². The number of benzene rings is 1. The van der Waals surface area contributed by atoms with E-state index in [1.807, 2.05) is 24.3 Å². The third kappa shape index (κ3) is 3.25. The number of carbonyl (C=O) groups excluding carboxylic acids is 2. The number of para-hydroxylation sites is 1. The van der Waals surface area contributed by atoms with Gasteiger partial charge in [0.15, 0.2) is 0 Å². The number of nitrogens with one attached hydrogen (secondary N) is 1. The summed E-state index contributed by atoms with van der Waals surface area (Å²) < 4.78 is 17.2. The Morgan fingerprint density at radius 2 is 2.20 bits per heavy atom. The molecule has 0 amide bonds. The molecule has 5 rings (SSSR count). The highest BCUT2D eigenvalue weighted by Gasteiger charge is 2.61. The number of hydrogen-bond donors (Lipinski definition) is 1. The van der Waals surface area contributed by atoms with Crippen LogP contribution in [0.15, 0.2) is 54.3 Å². The van der Waals surface area contributed by atoms with Crippen LogP contribution in [0.3, 0.4) is 0 Å². The zero-order chi connectivity index (χ0) is 20.9. The Balaban J connectivity index is 1.29. The predicted octanol–water partition coefficient (Wildman–Crippen LogP) is 4.08. The Morgan fingerprint density at radius 3 is 3.07 bits per heavy atom. The van der Waals surface area contributed by atoms with Crippen molar-refractivity contribution in [2.24, 2.45) is 5.92 Å². The fourth-order valence-corrected chi connectivity index (χ4v) is 4.73. The van der Waals surface area contributed by atoms with Gasteiger partial charge < -0.3 is 19.2 Å². The molecule has 0 saturated carbocycles. The average Bonchev–Trinajstić information content (AvgIpc) is 3.08. The second-order valence-corrected chi connectivity index (χ2v) is 8.62. The smallest absolute Gasteiger partial charge is 0.340 e. The summed E-state index contributed by atoms with van der Waals surface area (Å²) in [4.78, 5) is 27.8. The molecule has 0 radical (unpaired) electrons. The highest BCUT2D eigenvalue weighted by Crippen LogP contribution is 2.49.